The van der Waals surface area contributed by atoms with Crippen molar-refractivity contribution in [2.24, 2.45) is 7.05 Å². The minimum absolute atomic E-state index is 0.0839. The lowest BCUT2D eigenvalue weighted by Crippen LogP contribution is -2.27. The van der Waals surface area contributed by atoms with Gasteiger partial charge in [-0.15, -0.1) is 6.42 Å². The number of hydrogen-bond acceptors (Lipinski definition) is 5. The van der Waals surface area contributed by atoms with Crippen molar-refractivity contribution in [3.63, 3.8) is 0 Å². The lowest BCUT2D eigenvalue weighted by molar-refractivity contribution is 0.0951. The first-order valence-electron chi connectivity index (χ1n) is 8.88. The first kappa shape index (κ1) is 21.6. The van der Waals surface area contributed by atoms with Crippen LogP contribution in [-0.4, -0.2) is 49.4 Å². The van der Waals surface area contributed by atoms with Gasteiger partial charge in [0.2, 0.25) is 0 Å². The largest absolute Gasteiger partial charge is 0.493 e. The molecule has 2 rings (SSSR count). The number of imidazole rings is 1. The van der Waals surface area contributed by atoms with E-state index in [0.29, 0.717) is 41.7 Å². The van der Waals surface area contributed by atoms with Crippen molar-refractivity contribution >= 4 is 11.7 Å². The maximum absolute atomic E-state index is 12.5. The highest BCUT2D eigenvalue weighted by Gasteiger charge is 2.20. The predicted molar refractivity (Wildman–Crippen MR) is 109 cm³/mol. The van der Waals surface area contributed by atoms with Gasteiger partial charge in [0.15, 0.2) is 28.8 Å². The fourth-order valence-corrected chi connectivity index (χ4v) is 2.52. The van der Waals surface area contributed by atoms with Crippen molar-refractivity contribution in [1.29, 1.82) is 0 Å². The van der Waals surface area contributed by atoms with E-state index in [1.54, 1.807) is 44.0 Å². The van der Waals surface area contributed by atoms with Crippen LogP contribution in [0.3, 0.4) is 0 Å². The molecule has 0 aliphatic rings. The van der Waals surface area contributed by atoms with E-state index < -0.39 is 6.67 Å². The molecule has 1 aromatic carbocycles. The van der Waals surface area contributed by atoms with E-state index in [2.05, 4.69) is 33.4 Å². The maximum Gasteiger partial charge on any atom is 0.272 e. The normalized spacial score (nSPS) is 9.76. The van der Waals surface area contributed by atoms with Crippen LogP contribution in [0.2, 0.25) is 0 Å². The Morgan fingerprint density at radius 1 is 1.28 bits per heavy atom. The lowest BCUT2D eigenvalue weighted by Gasteiger charge is -2.07. The fraction of sp³-hybridized carbons (Fsp3) is 0.333. The van der Waals surface area contributed by atoms with Crippen molar-refractivity contribution in [2.45, 2.75) is 6.42 Å². The SMILES string of the molecule is C#CCNC(=O)c1c(NCCCF)nc(C#Cc2ccc(OC)c(OC)c2)n1C. The quantitative estimate of drug-likeness (QED) is 0.525. The number of amides is 1. The molecule has 1 aromatic heterocycles. The van der Waals surface area contributed by atoms with Gasteiger partial charge in [0.05, 0.1) is 27.4 Å². The summed E-state index contributed by atoms with van der Waals surface area (Å²) < 4.78 is 24.5. The molecule has 29 heavy (non-hydrogen) atoms. The molecule has 2 N–H and O–H groups in total. The van der Waals surface area contributed by atoms with Crippen molar-refractivity contribution in [1.82, 2.24) is 14.9 Å². The zero-order chi connectivity index (χ0) is 21.2. The molecule has 0 unspecified atom stereocenters. The second kappa shape index (κ2) is 10.6. The van der Waals surface area contributed by atoms with E-state index in [-0.39, 0.29) is 18.1 Å². The second-order valence-corrected chi connectivity index (χ2v) is 5.87. The summed E-state index contributed by atoms with van der Waals surface area (Å²) in [6.45, 7) is -0.0451. The Kier molecular flexibility index (Phi) is 7.93. The van der Waals surface area contributed by atoms with Crippen LogP contribution in [0, 0.1) is 24.2 Å². The third-order valence-corrected chi connectivity index (χ3v) is 3.97. The topological polar surface area (TPSA) is 77.4 Å². The van der Waals surface area contributed by atoms with Gasteiger partial charge in [-0.1, -0.05) is 11.8 Å². The first-order valence-corrected chi connectivity index (χ1v) is 8.88. The molecule has 0 saturated carbocycles. The number of methoxy groups -OCH3 is 2. The molecule has 152 valence electrons. The average molecular weight is 398 g/mol. The van der Waals surface area contributed by atoms with Gasteiger partial charge in [0, 0.05) is 19.2 Å². The van der Waals surface area contributed by atoms with Crippen LogP contribution in [0.15, 0.2) is 18.2 Å². The molecule has 0 aliphatic carbocycles. The molecule has 1 heterocycles. The molecule has 0 radical (unpaired) electrons. The Morgan fingerprint density at radius 2 is 2.03 bits per heavy atom. The smallest absolute Gasteiger partial charge is 0.272 e. The minimum Gasteiger partial charge on any atom is -0.493 e. The van der Waals surface area contributed by atoms with E-state index >= 15 is 0 Å². The highest BCUT2D eigenvalue weighted by molar-refractivity contribution is 5.97. The van der Waals surface area contributed by atoms with Gasteiger partial charge in [-0.05, 0) is 30.5 Å². The zero-order valence-corrected chi connectivity index (χ0v) is 16.6. The van der Waals surface area contributed by atoms with E-state index in [4.69, 9.17) is 15.9 Å². The maximum atomic E-state index is 12.5. The van der Waals surface area contributed by atoms with Crippen LogP contribution in [0.5, 0.6) is 11.5 Å². The van der Waals surface area contributed by atoms with E-state index in [0.717, 1.165) is 0 Å². The molecule has 2 aromatic rings. The number of halogens is 1. The number of aromatic nitrogens is 2. The summed E-state index contributed by atoms with van der Waals surface area (Å²) in [5, 5.41) is 5.58. The molecule has 0 fully saturated rings. The number of nitrogens with one attached hydrogen (secondary N) is 2. The van der Waals surface area contributed by atoms with Crippen LogP contribution in [0.4, 0.5) is 10.2 Å². The van der Waals surface area contributed by atoms with Gasteiger partial charge in [0.25, 0.3) is 5.91 Å². The molecule has 0 spiro atoms. The van der Waals surface area contributed by atoms with Crippen LogP contribution < -0.4 is 20.1 Å². The Balaban J connectivity index is 2.37. The second-order valence-electron chi connectivity index (χ2n) is 5.87. The summed E-state index contributed by atoms with van der Waals surface area (Å²) in [5.74, 6) is 9.76. The van der Waals surface area contributed by atoms with Gasteiger partial charge in [-0.25, -0.2) is 4.98 Å². The molecule has 0 bridgehead atoms. The number of hydrogen-bond donors (Lipinski definition) is 2. The number of carbonyl (C=O) groups is 1. The number of anilines is 1. The van der Waals surface area contributed by atoms with Gasteiger partial charge in [0.1, 0.15) is 0 Å². The Hall–Kier alpha value is -3.65. The third-order valence-electron chi connectivity index (χ3n) is 3.97. The van der Waals surface area contributed by atoms with Crippen molar-refractivity contribution in [3.8, 4) is 35.7 Å². The van der Waals surface area contributed by atoms with E-state index in [9.17, 15) is 9.18 Å². The monoisotopic (exact) mass is 398 g/mol. The number of benzene rings is 1. The van der Waals surface area contributed by atoms with Crippen LogP contribution >= 0.6 is 0 Å². The Labute approximate surface area is 169 Å². The lowest BCUT2D eigenvalue weighted by atomic mass is 10.2. The van der Waals surface area contributed by atoms with Crippen LogP contribution in [-0.2, 0) is 7.05 Å². The average Bonchev–Trinajstić information content (AvgIpc) is 3.05. The summed E-state index contributed by atoms with van der Waals surface area (Å²) in [5.41, 5.74) is 0.964. The fourth-order valence-electron chi connectivity index (χ4n) is 2.52. The highest BCUT2D eigenvalue weighted by Crippen LogP contribution is 2.27. The number of nitrogens with zero attached hydrogens (tertiary/aromatic N) is 2. The zero-order valence-electron chi connectivity index (χ0n) is 16.6. The first-order chi connectivity index (χ1) is 14.0. The minimum atomic E-state index is -0.468. The molecule has 7 nitrogen and oxygen atoms in total. The molecule has 0 atom stereocenters. The van der Waals surface area contributed by atoms with Crippen molar-refractivity contribution in [3.05, 3.63) is 35.3 Å². The molecule has 0 saturated heterocycles. The van der Waals surface area contributed by atoms with Gasteiger partial charge in [-0.3, -0.25) is 9.18 Å². The van der Waals surface area contributed by atoms with Crippen molar-refractivity contribution < 1.29 is 18.7 Å². The number of rotatable bonds is 8. The van der Waals surface area contributed by atoms with Crippen LogP contribution in [0.25, 0.3) is 0 Å². The molecule has 8 heteroatoms. The summed E-state index contributed by atoms with van der Waals surface area (Å²) in [6.07, 6.45) is 5.51. The predicted octanol–water partition coefficient (Wildman–Crippen LogP) is 1.97. The Morgan fingerprint density at radius 3 is 2.69 bits per heavy atom. The third kappa shape index (κ3) is 5.43. The van der Waals surface area contributed by atoms with Crippen molar-refractivity contribution in [2.75, 3.05) is 39.3 Å². The number of ether oxygens (including phenoxy) is 2. The number of carbonyl (C=O) groups excluding carboxylic acids is 1. The van der Waals surface area contributed by atoms with Gasteiger partial charge in [-0.2, -0.15) is 0 Å². The summed E-state index contributed by atoms with van der Waals surface area (Å²) in [7, 11) is 4.78. The van der Waals surface area contributed by atoms with Gasteiger partial charge >= 0.3 is 0 Å². The Bertz CT molecular complexity index is 967. The summed E-state index contributed by atoms with van der Waals surface area (Å²) >= 11 is 0. The molecular weight excluding hydrogens is 375 g/mol. The van der Waals surface area contributed by atoms with E-state index in [1.807, 2.05) is 0 Å². The molecule has 1 amide bonds. The molecule has 0 aliphatic heterocycles. The summed E-state index contributed by atoms with van der Waals surface area (Å²) in [6, 6.07) is 5.29. The number of terminal acetylenes is 1. The van der Waals surface area contributed by atoms with Crippen LogP contribution in [0.1, 0.15) is 28.3 Å². The van der Waals surface area contributed by atoms with E-state index in [1.165, 1.54) is 0 Å². The number of alkyl halides is 1. The molecular formula is C21H23FN4O3. The highest BCUT2D eigenvalue weighted by atomic mass is 19.1. The van der Waals surface area contributed by atoms with Gasteiger partial charge < -0.3 is 24.7 Å². The standard InChI is InChI=1S/C21H23FN4O3/c1-5-12-24-21(27)19-20(23-13-6-11-22)25-18(26(19)2)10-8-15-7-9-16(28-3)17(14-15)29-4/h1,7,9,14,23H,6,11-13H2,2-4H3,(H,24,27). The summed E-state index contributed by atoms with van der Waals surface area (Å²) in [4.78, 5) is 16.8.